The highest BCUT2D eigenvalue weighted by Gasteiger charge is 2.37. The van der Waals surface area contributed by atoms with Crippen LogP contribution in [0, 0.1) is 5.92 Å². The lowest BCUT2D eigenvalue weighted by molar-refractivity contribution is -0.122. The van der Waals surface area contributed by atoms with Gasteiger partial charge in [0.1, 0.15) is 5.54 Å². The third-order valence-corrected chi connectivity index (χ3v) is 3.91. The smallest absolute Gasteiger partial charge is 0.242 e. The molecule has 3 N–H and O–H groups in total. The topological polar surface area (TPSA) is 55.1 Å². The van der Waals surface area contributed by atoms with Crippen LogP contribution in [0.25, 0.3) is 0 Å². The average Bonchev–Trinajstić information content (AvgIpc) is 3.05. The number of rotatable bonds is 5. The van der Waals surface area contributed by atoms with Crippen molar-refractivity contribution in [2.45, 2.75) is 31.7 Å². The molecule has 1 unspecified atom stereocenters. The first-order valence-electron chi connectivity index (χ1n) is 5.84. The van der Waals surface area contributed by atoms with Crippen LogP contribution in [0.4, 0.5) is 5.69 Å². The molecule has 0 radical (unpaired) electrons. The lowest BCUT2D eigenvalue weighted by Gasteiger charge is -2.29. The molecule has 1 aliphatic rings. The summed E-state index contributed by atoms with van der Waals surface area (Å²) in [4.78, 5) is 11.6. The van der Waals surface area contributed by atoms with Crippen LogP contribution >= 0.6 is 15.9 Å². The molecule has 1 aliphatic carbocycles. The number of amides is 1. The Hall–Kier alpha value is -1.03. The van der Waals surface area contributed by atoms with E-state index in [1.807, 2.05) is 31.2 Å². The van der Waals surface area contributed by atoms with Gasteiger partial charge in [0.15, 0.2) is 0 Å². The molecule has 1 fully saturated rings. The van der Waals surface area contributed by atoms with Crippen molar-refractivity contribution in [2.24, 2.45) is 11.7 Å². The van der Waals surface area contributed by atoms with Crippen molar-refractivity contribution in [3.05, 3.63) is 28.7 Å². The Labute approximate surface area is 110 Å². The van der Waals surface area contributed by atoms with Crippen molar-refractivity contribution in [3.63, 3.8) is 0 Å². The summed E-state index contributed by atoms with van der Waals surface area (Å²) >= 11 is 3.47. The standard InChI is InChI=1S/C13H17BrN2O/c1-13(12(15)17,8-9-6-7-9)16-11-5-3-2-4-10(11)14/h2-5,9,16H,6-8H2,1H3,(H2,15,17). The molecule has 0 bridgehead atoms. The Morgan fingerprint density at radius 2 is 2.18 bits per heavy atom. The minimum atomic E-state index is -0.662. The molecule has 0 spiro atoms. The van der Waals surface area contributed by atoms with Crippen LogP contribution in [0.15, 0.2) is 28.7 Å². The number of halogens is 1. The fourth-order valence-electron chi connectivity index (χ4n) is 1.97. The summed E-state index contributed by atoms with van der Waals surface area (Å²) < 4.78 is 0.947. The number of anilines is 1. The maximum absolute atomic E-state index is 11.6. The quantitative estimate of drug-likeness (QED) is 0.878. The second-order valence-corrected chi connectivity index (χ2v) is 5.80. The van der Waals surface area contributed by atoms with Gasteiger partial charge < -0.3 is 11.1 Å². The second kappa shape index (κ2) is 4.69. The van der Waals surface area contributed by atoms with Gasteiger partial charge >= 0.3 is 0 Å². The summed E-state index contributed by atoms with van der Waals surface area (Å²) in [6, 6.07) is 7.77. The molecule has 17 heavy (non-hydrogen) atoms. The molecule has 1 atom stereocenters. The number of nitrogens with one attached hydrogen (secondary N) is 1. The summed E-state index contributed by atoms with van der Waals surface area (Å²) in [5, 5.41) is 3.27. The Kier molecular flexibility index (Phi) is 3.43. The second-order valence-electron chi connectivity index (χ2n) is 4.95. The zero-order valence-corrected chi connectivity index (χ0v) is 11.5. The number of carbonyl (C=O) groups is 1. The van der Waals surface area contributed by atoms with Gasteiger partial charge in [-0.2, -0.15) is 0 Å². The van der Waals surface area contributed by atoms with E-state index in [9.17, 15) is 4.79 Å². The van der Waals surface area contributed by atoms with Crippen molar-refractivity contribution in [2.75, 3.05) is 5.32 Å². The minimum absolute atomic E-state index is 0.292. The lowest BCUT2D eigenvalue weighted by Crippen LogP contribution is -2.48. The molecule has 92 valence electrons. The summed E-state index contributed by atoms with van der Waals surface area (Å²) in [6.07, 6.45) is 3.23. The zero-order valence-electron chi connectivity index (χ0n) is 9.87. The van der Waals surface area contributed by atoms with Crippen molar-refractivity contribution >= 4 is 27.5 Å². The number of primary amides is 1. The Morgan fingerprint density at radius 1 is 1.53 bits per heavy atom. The molecule has 1 saturated carbocycles. The SMILES string of the molecule is CC(CC1CC1)(Nc1ccccc1Br)C(N)=O. The van der Waals surface area contributed by atoms with Crippen LogP contribution in [0.2, 0.25) is 0 Å². The molecule has 0 aliphatic heterocycles. The molecule has 0 heterocycles. The van der Waals surface area contributed by atoms with Crippen LogP contribution in [-0.2, 0) is 4.79 Å². The van der Waals surface area contributed by atoms with Crippen molar-refractivity contribution in [1.29, 1.82) is 0 Å². The van der Waals surface area contributed by atoms with Crippen LogP contribution in [0.5, 0.6) is 0 Å². The van der Waals surface area contributed by atoms with E-state index in [0.717, 1.165) is 16.6 Å². The van der Waals surface area contributed by atoms with E-state index in [0.29, 0.717) is 5.92 Å². The number of para-hydroxylation sites is 1. The number of hydrogen-bond acceptors (Lipinski definition) is 2. The van der Waals surface area contributed by atoms with Gasteiger partial charge in [-0.1, -0.05) is 25.0 Å². The van der Waals surface area contributed by atoms with Crippen LogP contribution in [-0.4, -0.2) is 11.4 Å². The normalized spacial score (nSPS) is 18.5. The largest absolute Gasteiger partial charge is 0.371 e. The Morgan fingerprint density at radius 3 is 2.71 bits per heavy atom. The number of nitrogens with two attached hydrogens (primary N) is 1. The van der Waals surface area contributed by atoms with Gasteiger partial charge in [-0.15, -0.1) is 0 Å². The molecule has 0 aromatic heterocycles. The van der Waals surface area contributed by atoms with Crippen LogP contribution in [0.1, 0.15) is 26.2 Å². The van der Waals surface area contributed by atoms with Gasteiger partial charge in [-0.3, -0.25) is 4.79 Å². The number of carbonyl (C=O) groups excluding carboxylic acids is 1. The maximum atomic E-state index is 11.6. The number of hydrogen-bond donors (Lipinski definition) is 2. The molecule has 1 aromatic rings. The highest BCUT2D eigenvalue weighted by atomic mass is 79.9. The molecule has 3 nitrogen and oxygen atoms in total. The Balaban J connectivity index is 2.17. The third-order valence-electron chi connectivity index (χ3n) is 3.22. The van der Waals surface area contributed by atoms with Gasteiger partial charge in [-0.05, 0) is 47.3 Å². The summed E-state index contributed by atoms with van der Waals surface area (Å²) in [5.74, 6) is 0.350. The molecular formula is C13H17BrN2O. The first-order chi connectivity index (χ1) is 8.01. The zero-order chi connectivity index (χ0) is 12.5. The van der Waals surface area contributed by atoms with E-state index in [4.69, 9.17) is 5.73 Å². The highest BCUT2D eigenvalue weighted by molar-refractivity contribution is 9.10. The van der Waals surface area contributed by atoms with Gasteiger partial charge in [0.05, 0.1) is 0 Å². The molecule has 4 heteroatoms. The predicted octanol–water partition coefficient (Wildman–Crippen LogP) is 2.91. The van der Waals surface area contributed by atoms with E-state index in [-0.39, 0.29) is 5.91 Å². The Bertz CT molecular complexity index is 431. The van der Waals surface area contributed by atoms with Gasteiger partial charge in [0.25, 0.3) is 0 Å². The van der Waals surface area contributed by atoms with Gasteiger partial charge in [-0.25, -0.2) is 0 Å². The first-order valence-corrected chi connectivity index (χ1v) is 6.63. The van der Waals surface area contributed by atoms with Crippen molar-refractivity contribution in [3.8, 4) is 0 Å². The molecule has 1 aromatic carbocycles. The fraction of sp³-hybridized carbons (Fsp3) is 0.462. The van der Waals surface area contributed by atoms with E-state index < -0.39 is 5.54 Å². The van der Waals surface area contributed by atoms with Crippen LogP contribution in [0.3, 0.4) is 0 Å². The van der Waals surface area contributed by atoms with Crippen molar-refractivity contribution < 1.29 is 4.79 Å². The molecule has 2 rings (SSSR count). The minimum Gasteiger partial charge on any atom is -0.371 e. The third kappa shape index (κ3) is 3.00. The van der Waals surface area contributed by atoms with Crippen LogP contribution < -0.4 is 11.1 Å². The monoisotopic (exact) mass is 296 g/mol. The predicted molar refractivity (Wildman–Crippen MR) is 72.7 cm³/mol. The lowest BCUT2D eigenvalue weighted by atomic mass is 9.93. The maximum Gasteiger partial charge on any atom is 0.242 e. The summed E-state index contributed by atoms with van der Waals surface area (Å²) in [7, 11) is 0. The van der Waals surface area contributed by atoms with E-state index in [2.05, 4.69) is 21.2 Å². The molecular weight excluding hydrogens is 280 g/mol. The molecule has 1 amide bonds. The van der Waals surface area contributed by atoms with E-state index >= 15 is 0 Å². The van der Waals surface area contributed by atoms with Gasteiger partial charge in [0, 0.05) is 10.2 Å². The number of benzene rings is 1. The first kappa shape index (κ1) is 12.4. The molecule has 0 saturated heterocycles. The van der Waals surface area contributed by atoms with Gasteiger partial charge in [0.2, 0.25) is 5.91 Å². The highest BCUT2D eigenvalue weighted by Crippen LogP contribution is 2.38. The van der Waals surface area contributed by atoms with E-state index in [1.165, 1.54) is 12.8 Å². The van der Waals surface area contributed by atoms with Crippen molar-refractivity contribution in [1.82, 2.24) is 0 Å². The fourth-order valence-corrected chi connectivity index (χ4v) is 2.36. The van der Waals surface area contributed by atoms with E-state index in [1.54, 1.807) is 0 Å². The average molecular weight is 297 g/mol. The summed E-state index contributed by atoms with van der Waals surface area (Å²) in [5.41, 5.74) is 5.78. The summed E-state index contributed by atoms with van der Waals surface area (Å²) in [6.45, 7) is 1.88.